The van der Waals surface area contributed by atoms with Crippen molar-refractivity contribution >= 4 is 11.8 Å². The van der Waals surface area contributed by atoms with Crippen LogP contribution in [0.4, 0.5) is 0 Å². The molecule has 0 bridgehead atoms. The van der Waals surface area contributed by atoms with E-state index in [1.807, 2.05) is 12.1 Å². The Balaban J connectivity index is 1.88. The second-order valence-electron chi connectivity index (χ2n) is 4.58. The molecule has 0 spiro atoms. The summed E-state index contributed by atoms with van der Waals surface area (Å²) >= 11 is 0. The van der Waals surface area contributed by atoms with Crippen LogP contribution in [-0.4, -0.2) is 16.7 Å². The molecule has 2 amide bonds. The number of hydrogen-bond donors (Lipinski definition) is 0. The number of benzene rings is 2. The Morgan fingerprint density at radius 2 is 1.45 bits per heavy atom. The van der Waals surface area contributed by atoms with Crippen LogP contribution < -0.4 is 0 Å². The molecule has 2 aromatic carbocycles. The fourth-order valence-electron chi connectivity index (χ4n) is 2.27. The van der Waals surface area contributed by atoms with Crippen LogP contribution in [0.2, 0.25) is 0 Å². The molecule has 3 heteroatoms. The summed E-state index contributed by atoms with van der Waals surface area (Å²) in [5, 5.41) is 0. The maximum absolute atomic E-state index is 12.2. The van der Waals surface area contributed by atoms with Crippen LogP contribution in [0.5, 0.6) is 0 Å². The second kappa shape index (κ2) is 4.67. The summed E-state index contributed by atoms with van der Waals surface area (Å²) in [7, 11) is 0. The molecule has 96 valence electrons. The predicted molar refractivity (Wildman–Crippen MR) is 75.0 cm³/mol. The summed E-state index contributed by atoms with van der Waals surface area (Å²) in [4.78, 5) is 25.7. The average molecular weight is 261 g/mol. The van der Waals surface area contributed by atoms with E-state index in [9.17, 15) is 9.59 Å². The first-order chi connectivity index (χ1) is 9.70. The molecule has 3 rings (SSSR count). The highest BCUT2D eigenvalue weighted by Crippen LogP contribution is 2.24. The van der Waals surface area contributed by atoms with E-state index >= 15 is 0 Å². The number of hydrogen-bond acceptors (Lipinski definition) is 2. The van der Waals surface area contributed by atoms with Gasteiger partial charge in [0.2, 0.25) is 0 Å². The first-order valence-corrected chi connectivity index (χ1v) is 6.21. The van der Waals surface area contributed by atoms with Crippen molar-refractivity contribution in [2.75, 3.05) is 0 Å². The zero-order valence-corrected chi connectivity index (χ0v) is 10.7. The monoisotopic (exact) mass is 261 g/mol. The smallest absolute Gasteiger partial charge is 0.261 e. The van der Waals surface area contributed by atoms with Gasteiger partial charge >= 0.3 is 0 Å². The summed E-state index contributed by atoms with van der Waals surface area (Å²) in [6.07, 6.45) is 5.30. The van der Waals surface area contributed by atoms with Crippen molar-refractivity contribution in [3.8, 4) is 12.3 Å². The van der Waals surface area contributed by atoms with Gasteiger partial charge in [-0.2, -0.15) is 0 Å². The standard InChI is InChI=1S/C17H11NO2/c1-2-12-7-9-13(10-8-12)11-18-16(19)14-5-3-4-6-15(14)17(18)20/h1,3-10H,11H2. The van der Waals surface area contributed by atoms with E-state index < -0.39 is 0 Å². The molecule has 20 heavy (non-hydrogen) atoms. The molecule has 0 unspecified atom stereocenters. The van der Waals surface area contributed by atoms with E-state index in [1.165, 1.54) is 4.90 Å². The number of terminal acetylenes is 1. The zero-order chi connectivity index (χ0) is 14.1. The summed E-state index contributed by atoms with van der Waals surface area (Å²) in [6, 6.07) is 14.1. The van der Waals surface area contributed by atoms with Gasteiger partial charge in [0.25, 0.3) is 11.8 Å². The SMILES string of the molecule is C#Cc1ccc(CN2C(=O)c3ccccc3C2=O)cc1. The Labute approximate surface area is 116 Å². The molecule has 0 fully saturated rings. The first-order valence-electron chi connectivity index (χ1n) is 6.21. The largest absolute Gasteiger partial charge is 0.270 e. The minimum Gasteiger partial charge on any atom is -0.270 e. The third-order valence-electron chi connectivity index (χ3n) is 3.34. The van der Waals surface area contributed by atoms with Gasteiger partial charge in [-0.25, -0.2) is 0 Å². The van der Waals surface area contributed by atoms with Crippen LogP contribution in [0.1, 0.15) is 31.8 Å². The molecule has 0 saturated heterocycles. The fraction of sp³-hybridized carbons (Fsp3) is 0.0588. The van der Waals surface area contributed by atoms with Crippen LogP contribution in [0.3, 0.4) is 0 Å². The summed E-state index contributed by atoms with van der Waals surface area (Å²) in [5.41, 5.74) is 2.59. The molecule has 0 N–H and O–H groups in total. The van der Waals surface area contributed by atoms with Gasteiger partial charge in [-0.3, -0.25) is 14.5 Å². The quantitative estimate of drug-likeness (QED) is 0.615. The highest BCUT2D eigenvalue weighted by Gasteiger charge is 2.34. The molecule has 0 atom stereocenters. The maximum Gasteiger partial charge on any atom is 0.261 e. The number of fused-ring (bicyclic) bond motifs is 1. The van der Waals surface area contributed by atoms with Gasteiger partial charge < -0.3 is 0 Å². The first kappa shape index (κ1) is 12.2. The van der Waals surface area contributed by atoms with E-state index in [0.717, 1.165) is 11.1 Å². The van der Waals surface area contributed by atoms with Gasteiger partial charge in [-0.15, -0.1) is 6.42 Å². The van der Waals surface area contributed by atoms with Gasteiger partial charge in [0.05, 0.1) is 17.7 Å². The van der Waals surface area contributed by atoms with Crippen molar-refractivity contribution in [3.05, 3.63) is 70.8 Å². The van der Waals surface area contributed by atoms with Gasteiger partial charge in [-0.1, -0.05) is 30.2 Å². The average Bonchev–Trinajstić information content (AvgIpc) is 2.74. The van der Waals surface area contributed by atoms with E-state index in [1.54, 1.807) is 36.4 Å². The van der Waals surface area contributed by atoms with Crippen molar-refractivity contribution in [2.24, 2.45) is 0 Å². The van der Waals surface area contributed by atoms with Gasteiger partial charge in [0.1, 0.15) is 0 Å². The van der Waals surface area contributed by atoms with Crippen LogP contribution in [-0.2, 0) is 6.54 Å². The molecule has 0 aliphatic carbocycles. The fourth-order valence-corrected chi connectivity index (χ4v) is 2.27. The molecule has 2 aromatic rings. The topological polar surface area (TPSA) is 37.4 Å². The highest BCUT2D eigenvalue weighted by atomic mass is 16.2. The lowest BCUT2D eigenvalue weighted by molar-refractivity contribution is 0.0642. The lowest BCUT2D eigenvalue weighted by Crippen LogP contribution is -2.29. The number of imide groups is 1. The van der Waals surface area contributed by atoms with E-state index in [2.05, 4.69) is 5.92 Å². The number of nitrogens with zero attached hydrogens (tertiary/aromatic N) is 1. The minimum absolute atomic E-state index is 0.244. The molecule has 0 radical (unpaired) electrons. The molecule has 1 heterocycles. The summed E-state index contributed by atoms with van der Waals surface area (Å²) in [6.45, 7) is 0.261. The Bertz CT molecular complexity index is 703. The Hall–Kier alpha value is -2.86. The van der Waals surface area contributed by atoms with Gasteiger partial charge in [0, 0.05) is 5.56 Å². The molecule has 1 aliphatic heterocycles. The van der Waals surface area contributed by atoms with Crippen molar-refractivity contribution in [1.82, 2.24) is 4.90 Å². The Morgan fingerprint density at radius 1 is 0.900 bits per heavy atom. The van der Waals surface area contributed by atoms with E-state index in [-0.39, 0.29) is 18.4 Å². The molecule has 3 nitrogen and oxygen atoms in total. The maximum atomic E-state index is 12.2. The molecular weight excluding hydrogens is 250 g/mol. The third kappa shape index (κ3) is 1.88. The van der Waals surface area contributed by atoms with Crippen molar-refractivity contribution < 1.29 is 9.59 Å². The predicted octanol–water partition coefficient (Wildman–Crippen LogP) is 2.46. The Morgan fingerprint density at radius 3 is 1.95 bits per heavy atom. The summed E-state index contributed by atoms with van der Waals surface area (Å²) < 4.78 is 0. The van der Waals surface area contributed by atoms with Gasteiger partial charge in [-0.05, 0) is 29.8 Å². The van der Waals surface area contributed by atoms with Crippen LogP contribution >= 0.6 is 0 Å². The second-order valence-corrected chi connectivity index (χ2v) is 4.58. The molecule has 1 aliphatic rings. The molecular formula is C17H11NO2. The number of carbonyl (C=O) groups is 2. The lowest BCUT2D eigenvalue weighted by Gasteiger charge is -2.13. The van der Waals surface area contributed by atoms with Gasteiger partial charge in [0.15, 0.2) is 0 Å². The zero-order valence-electron chi connectivity index (χ0n) is 10.7. The van der Waals surface area contributed by atoms with E-state index in [0.29, 0.717) is 11.1 Å². The normalized spacial score (nSPS) is 13.2. The third-order valence-corrected chi connectivity index (χ3v) is 3.34. The minimum atomic E-state index is -0.244. The summed E-state index contributed by atoms with van der Waals surface area (Å²) in [5.74, 6) is 2.04. The molecule has 0 saturated carbocycles. The Kier molecular flexibility index (Phi) is 2.85. The van der Waals surface area contributed by atoms with Crippen molar-refractivity contribution in [1.29, 1.82) is 0 Å². The van der Waals surface area contributed by atoms with Crippen LogP contribution in [0, 0.1) is 12.3 Å². The number of carbonyl (C=O) groups excluding carboxylic acids is 2. The highest BCUT2D eigenvalue weighted by molar-refractivity contribution is 6.21. The lowest BCUT2D eigenvalue weighted by atomic mass is 10.1. The van der Waals surface area contributed by atoms with E-state index in [4.69, 9.17) is 6.42 Å². The van der Waals surface area contributed by atoms with Crippen molar-refractivity contribution in [3.63, 3.8) is 0 Å². The number of rotatable bonds is 2. The van der Waals surface area contributed by atoms with Crippen LogP contribution in [0.15, 0.2) is 48.5 Å². The molecule has 0 aromatic heterocycles. The van der Waals surface area contributed by atoms with Crippen LogP contribution in [0.25, 0.3) is 0 Å². The van der Waals surface area contributed by atoms with Crippen molar-refractivity contribution in [2.45, 2.75) is 6.54 Å². The number of amides is 2.